The lowest BCUT2D eigenvalue weighted by atomic mass is 10.1. The number of rotatable bonds is 7. The minimum Gasteiger partial charge on any atom is -0.492 e. The Labute approximate surface area is 177 Å². The maximum absolute atomic E-state index is 12.0. The monoisotopic (exact) mass is 404 g/mol. The molecule has 1 aliphatic heterocycles. The standard InChI is InChI=1S/C25H28N2O3/c1-29-25(28)24-9-5-4-8-22(24)19-27-14-12-26(13-15-27)16-17-30-23-11-10-20-6-2-3-7-21(20)18-23/h2-11,18H,12-17,19H2,1H3. The SMILES string of the molecule is COC(=O)c1ccccc1CN1CCN(CCOc2ccc3ccccc3c2)CC1. The number of carbonyl (C=O) groups excluding carboxylic acids is 1. The van der Waals surface area contributed by atoms with Gasteiger partial charge in [-0.05, 0) is 34.5 Å². The highest BCUT2D eigenvalue weighted by molar-refractivity contribution is 5.91. The van der Waals surface area contributed by atoms with E-state index >= 15 is 0 Å². The lowest BCUT2D eigenvalue weighted by Gasteiger charge is -2.34. The van der Waals surface area contributed by atoms with E-state index in [2.05, 4.69) is 46.2 Å². The first-order valence-electron chi connectivity index (χ1n) is 10.5. The number of methoxy groups -OCH3 is 1. The molecule has 3 aromatic rings. The third kappa shape index (κ3) is 4.99. The fourth-order valence-corrected chi connectivity index (χ4v) is 3.93. The second-order valence-corrected chi connectivity index (χ2v) is 7.62. The van der Waals surface area contributed by atoms with Crippen LogP contribution < -0.4 is 4.74 Å². The molecule has 30 heavy (non-hydrogen) atoms. The first-order chi connectivity index (χ1) is 14.7. The van der Waals surface area contributed by atoms with Crippen LogP contribution in [0.2, 0.25) is 0 Å². The van der Waals surface area contributed by atoms with Crippen LogP contribution in [0.3, 0.4) is 0 Å². The Morgan fingerprint density at radius 3 is 2.37 bits per heavy atom. The van der Waals surface area contributed by atoms with Crippen LogP contribution in [0.15, 0.2) is 66.7 Å². The van der Waals surface area contributed by atoms with Gasteiger partial charge in [0.25, 0.3) is 0 Å². The zero-order valence-electron chi connectivity index (χ0n) is 17.4. The third-order valence-electron chi connectivity index (χ3n) is 5.68. The topological polar surface area (TPSA) is 42.0 Å². The number of hydrogen-bond donors (Lipinski definition) is 0. The average Bonchev–Trinajstić information content (AvgIpc) is 2.80. The molecule has 0 aliphatic carbocycles. The van der Waals surface area contributed by atoms with Crippen LogP contribution in [-0.4, -0.2) is 62.2 Å². The van der Waals surface area contributed by atoms with E-state index in [4.69, 9.17) is 9.47 Å². The van der Waals surface area contributed by atoms with Crippen LogP contribution in [0.1, 0.15) is 15.9 Å². The predicted octanol–water partition coefficient (Wildman–Crippen LogP) is 3.82. The Bertz CT molecular complexity index is 996. The van der Waals surface area contributed by atoms with E-state index in [1.54, 1.807) is 0 Å². The summed E-state index contributed by atoms with van der Waals surface area (Å²) in [6, 6.07) is 22.3. The first kappa shape index (κ1) is 20.4. The second kappa shape index (κ2) is 9.74. The summed E-state index contributed by atoms with van der Waals surface area (Å²) < 4.78 is 10.9. The highest BCUT2D eigenvalue weighted by atomic mass is 16.5. The van der Waals surface area contributed by atoms with Crippen LogP contribution in [0, 0.1) is 0 Å². The summed E-state index contributed by atoms with van der Waals surface area (Å²) in [5.74, 6) is 0.654. The molecule has 0 aromatic heterocycles. The van der Waals surface area contributed by atoms with Gasteiger partial charge in [-0.15, -0.1) is 0 Å². The zero-order valence-corrected chi connectivity index (χ0v) is 17.4. The largest absolute Gasteiger partial charge is 0.492 e. The van der Waals surface area contributed by atoms with Crippen molar-refractivity contribution in [1.82, 2.24) is 9.80 Å². The molecule has 1 aliphatic rings. The molecule has 0 unspecified atom stereocenters. The summed E-state index contributed by atoms with van der Waals surface area (Å²) in [6.45, 7) is 6.33. The number of piperazine rings is 1. The second-order valence-electron chi connectivity index (χ2n) is 7.62. The molecular formula is C25H28N2O3. The van der Waals surface area contributed by atoms with Gasteiger partial charge in [0, 0.05) is 39.3 Å². The van der Waals surface area contributed by atoms with Gasteiger partial charge < -0.3 is 9.47 Å². The summed E-state index contributed by atoms with van der Waals surface area (Å²) in [4.78, 5) is 16.8. The molecule has 0 atom stereocenters. The van der Waals surface area contributed by atoms with Gasteiger partial charge in [-0.25, -0.2) is 4.79 Å². The van der Waals surface area contributed by atoms with Gasteiger partial charge >= 0.3 is 5.97 Å². The van der Waals surface area contributed by atoms with Crippen LogP contribution in [0.5, 0.6) is 5.75 Å². The van der Waals surface area contributed by atoms with Gasteiger partial charge in [0.05, 0.1) is 12.7 Å². The minimum absolute atomic E-state index is 0.268. The Morgan fingerprint density at radius 2 is 1.57 bits per heavy atom. The van der Waals surface area contributed by atoms with Crippen LogP contribution in [0.25, 0.3) is 10.8 Å². The van der Waals surface area contributed by atoms with Gasteiger partial charge in [-0.1, -0.05) is 48.5 Å². The molecule has 0 bridgehead atoms. The van der Waals surface area contributed by atoms with E-state index in [0.717, 1.165) is 50.6 Å². The van der Waals surface area contributed by atoms with E-state index < -0.39 is 0 Å². The molecule has 1 heterocycles. The molecule has 1 fully saturated rings. The minimum atomic E-state index is -0.268. The molecule has 0 amide bonds. The molecule has 4 rings (SSSR count). The fourth-order valence-electron chi connectivity index (χ4n) is 3.93. The predicted molar refractivity (Wildman–Crippen MR) is 119 cm³/mol. The van der Waals surface area contributed by atoms with Crippen molar-refractivity contribution >= 4 is 16.7 Å². The number of nitrogens with zero attached hydrogens (tertiary/aromatic N) is 2. The molecule has 0 radical (unpaired) electrons. The summed E-state index contributed by atoms with van der Waals surface area (Å²) in [6.07, 6.45) is 0. The van der Waals surface area contributed by atoms with Crippen molar-refractivity contribution in [3.63, 3.8) is 0 Å². The Hall–Kier alpha value is -2.89. The molecule has 0 saturated carbocycles. The van der Waals surface area contributed by atoms with Gasteiger partial charge in [-0.2, -0.15) is 0 Å². The van der Waals surface area contributed by atoms with Crippen molar-refractivity contribution in [3.05, 3.63) is 77.9 Å². The van der Waals surface area contributed by atoms with Gasteiger partial charge in [0.1, 0.15) is 12.4 Å². The third-order valence-corrected chi connectivity index (χ3v) is 5.68. The number of esters is 1. The molecule has 156 valence electrons. The van der Waals surface area contributed by atoms with Crippen molar-refractivity contribution in [1.29, 1.82) is 0 Å². The lowest BCUT2D eigenvalue weighted by molar-refractivity contribution is 0.0596. The molecule has 0 N–H and O–H groups in total. The maximum Gasteiger partial charge on any atom is 0.338 e. The van der Waals surface area contributed by atoms with E-state index in [1.807, 2.05) is 30.3 Å². The first-order valence-corrected chi connectivity index (χ1v) is 10.5. The number of fused-ring (bicyclic) bond motifs is 1. The highest BCUT2D eigenvalue weighted by Gasteiger charge is 2.19. The average molecular weight is 405 g/mol. The van der Waals surface area contributed by atoms with E-state index in [-0.39, 0.29) is 5.97 Å². The maximum atomic E-state index is 12.0. The van der Waals surface area contributed by atoms with Crippen LogP contribution >= 0.6 is 0 Å². The Kier molecular flexibility index (Phi) is 6.62. The Morgan fingerprint density at radius 1 is 0.867 bits per heavy atom. The number of benzene rings is 3. The summed E-state index contributed by atoms with van der Waals surface area (Å²) >= 11 is 0. The molecule has 5 heteroatoms. The van der Waals surface area contributed by atoms with Crippen LogP contribution in [-0.2, 0) is 11.3 Å². The molecule has 3 aromatic carbocycles. The quantitative estimate of drug-likeness (QED) is 0.560. The van der Waals surface area contributed by atoms with Crippen molar-refractivity contribution in [2.45, 2.75) is 6.54 Å². The molecule has 1 saturated heterocycles. The van der Waals surface area contributed by atoms with Crippen LogP contribution in [0.4, 0.5) is 0 Å². The lowest BCUT2D eigenvalue weighted by Crippen LogP contribution is -2.47. The molecular weight excluding hydrogens is 376 g/mol. The van der Waals surface area contributed by atoms with Gasteiger partial charge in [0.15, 0.2) is 0 Å². The van der Waals surface area contributed by atoms with Gasteiger partial charge in [0.2, 0.25) is 0 Å². The van der Waals surface area contributed by atoms with E-state index in [9.17, 15) is 4.79 Å². The normalized spacial score (nSPS) is 15.2. The Balaban J connectivity index is 1.23. The summed E-state index contributed by atoms with van der Waals surface area (Å²) in [7, 11) is 1.43. The van der Waals surface area contributed by atoms with Crippen molar-refractivity contribution in [2.24, 2.45) is 0 Å². The van der Waals surface area contributed by atoms with Gasteiger partial charge in [-0.3, -0.25) is 9.80 Å². The highest BCUT2D eigenvalue weighted by Crippen LogP contribution is 2.20. The van der Waals surface area contributed by atoms with Crippen molar-refractivity contribution in [3.8, 4) is 5.75 Å². The summed E-state index contributed by atoms with van der Waals surface area (Å²) in [5.41, 5.74) is 1.68. The number of ether oxygens (including phenoxy) is 2. The van der Waals surface area contributed by atoms with E-state index in [1.165, 1.54) is 17.9 Å². The smallest absolute Gasteiger partial charge is 0.338 e. The number of hydrogen-bond acceptors (Lipinski definition) is 5. The fraction of sp³-hybridized carbons (Fsp3) is 0.320. The molecule has 0 spiro atoms. The molecule has 5 nitrogen and oxygen atoms in total. The van der Waals surface area contributed by atoms with E-state index in [0.29, 0.717) is 12.2 Å². The zero-order chi connectivity index (χ0) is 20.8. The number of carbonyl (C=O) groups is 1. The summed E-state index contributed by atoms with van der Waals surface area (Å²) in [5, 5.41) is 2.44. The van der Waals surface area contributed by atoms with Crippen molar-refractivity contribution in [2.75, 3.05) is 46.4 Å². The van der Waals surface area contributed by atoms with Crippen molar-refractivity contribution < 1.29 is 14.3 Å².